The number of rotatable bonds is 6. The van der Waals surface area contributed by atoms with Gasteiger partial charge in [0, 0.05) is 28.7 Å². The molecule has 0 aliphatic heterocycles. The molecule has 1 N–H and O–H groups in total. The first-order valence-electron chi connectivity index (χ1n) is 7.07. The summed E-state index contributed by atoms with van der Waals surface area (Å²) >= 11 is 1.67. The van der Waals surface area contributed by atoms with Crippen LogP contribution in [0.15, 0.2) is 29.6 Å². The monoisotopic (exact) mass is 330 g/mol. The van der Waals surface area contributed by atoms with Crippen LogP contribution in [-0.2, 0) is 0 Å². The lowest BCUT2D eigenvalue weighted by atomic mass is 10.1. The molecule has 1 atom stereocenters. The van der Waals surface area contributed by atoms with Gasteiger partial charge in [-0.05, 0) is 38.5 Å². The van der Waals surface area contributed by atoms with E-state index in [1.54, 1.807) is 24.3 Å². The normalized spacial score (nSPS) is 12.0. The van der Waals surface area contributed by atoms with Gasteiger partial charge in [0.2, 0.25) is 0 Å². The molecule has 0 aliphatic rings. The summed E-state index contributed by atoms with van der Waals surface area (Å²) < 4.78 is 0. The summed E-state index contributed by atoms with van der Waals surface area (Å²) in [6.07, 6.45) is 0. The molecule has 0 fully saturated rings. The molecule has 1 aromatic heterocycles. The van der Waals surface area contributed by atoms with Crippen LogP contribution in [0.25, 0.3) is 0 Å². The number of hydrogen-bond donors (Lipinski definition) is 1. The Morgan fingerprint density at radius 1 is 1.48 bits per heavy atom. The van der Waals surface area contributed by atoms with E-state index < -0.39 is 4.92 Å². The molecule has 7 heteroatoms. The van der Waals surface area contributed by atoms with Crippen molar-refractivity contribution in [2.24, 2.45) is 0 Å². The number of nitro benzene ring substituents is 1. The van der Waals surface area contributed by atoms with Gasteiger partial charge < -0.3 is 10.2 Å². The number of thiophene rings is 1. The molecule has 0 unspecified atom stereocenters. The Morgan fingerprint density at radius 3 is 2.74 bits per heavy atom. The second-order valence-electron chi connectivity index (χ2n) is 5.41. The van der Waals surface area contributed by atoms with Crippen molar-refractivity contribution < 1.29 is 4.92 Å². The number of benzene rings is 1. The van der Waals surface area contributed by atoms with Gasteiger partial charge in [-0.2, -0.15) is 5.26 Å². The molecule has 2 rings (SSSR count). The second kappa shape index (κ2) is 7.22. The highest BCUT2D eigenvalue weighted by atomic mass is 32.1. The minimum absolute atomic E-state index is 0.0379. The first kappa shape index (κ1) is 16.9. The molecule has 0 bridgehead atoms. The molecule has 0 saturated carbocycles. The highest BCUT2D eigenvalue weighted by Crippen LogP contribution is 2.29. The topological polar surface area (TPSA) is 82.2 Å². The van der Waals surface area contributed by atoms with Gasteiger partial charge in [0.25, 0.3) is 5.69 Å². The van der Waals surface area contributed by atoms with Crippen LogP contribution in [0.5, 0.6) is 0 Å². The van der Waals surface area contributed by atoms with Gasteiger partial charge in [0.1, 0.15) is 0 Å². The van der Waals surface area contributed by atoms with E-state index in [0.29, 0.717) is 17.8 Å². The third-order valence-corrected chi connectivity index (χ3v) is 4.66. The molecular weight excluding hydrogens is 312 g/mol. The lowest BCUT2D eigenvalue weighted by Crippen LogP contribution is -2.26. The molecule has 0 radical (unpaired) electrons. The first-order chi connectivity index (χ1) is 10.9. The fourth-order valence-corrected chi connectivity index (χ4v) is 3.28. The predicted octanol–water partition coefficient (Wildman–Crippen LogP) is 3.55. The van der Waals surface area contributed by atoms with Crippen LogP contribution in [-0.4, -0.2) is 30.5 Å². The van der Waals surface area contributed by atoms with E-state index in [9.17, 15) is 10.1 Å². The number of hydrogen-bond acceptors (Lipinski definition) is 6. The van der Waals surface area contributed by atoms with Crippen molar-refractivity contribution in [3.63, 3.8) is 0 Å². The maximum atomic E-state index is 11.1. The lowest BCUT2D eigenvalue weighted by Gasteiger charge is -2.24. The van der Waals surface area contributed by atoms with Crippen molar-refractivity contribution in [2.75, 3.05) is 26.0 Å². The van der Waals surface area contributed by atoms with Gasteiger partial charge in [-0.25, -0.2) is 0 Å². The largest absolute Gasteiger partial charge is 0.383 e. The van der Waals surface area contributed by atoms with Crippen molar-refractivity contribution in [1.82, 2.24) is 4.90 Å². The third-order valence-electron chi connectivity index (χ3n) is 3.69. The zero-order valence-corrected chi connectivity index (χ0v) is 14.1. The summed E-state index contributed by atoms with van der Waals surface area (Å²) in [4.78, 5) is 14.0. The highest BCUT2D eigenvalue weighted by Gasteiger charge is 2.19. The van der Waals surface area contributed by atoms with E-state index in [4.69, 9.17) is 5.26 Å². The van der Waals surface area contributed by atoms with E-state index in [1.807, 2.05) is 31.6 Å². The molecular formula is C16H18N4O2S. The number of nitriles is 1. The van der Waals surface area contributed by atoms with Crippen LogP contribution in [0.2, 0.25) is 0 Å². The zero-order chi connectivity index (χ0) is 17.0. The minimum Gasteiger partial charge on any atom is -0.383 e. The number of anilines is 1. The van der Waals surface area contributed by atoms with Crippen molar-refractivity contribution >= 4 is 22.7 Å². The Labute approximate surface area is 139 Å². The summed E-state index contributed by atoms with van der Waals surface area (Å²) in [6, 6.07) is 9.16. The average molecular weight is 330 g/mol. The summed E-state index contributed by atoms with van der Waals surface area (Å²) in [7, 11) is 3.99. The molecule has 6 nitrogen and oxygen atoms in total. The smallest absolute Gasteiger partial charge is 0.275 e. The second-order valence-corrected chi connectivity index (χ2v) is 6.39. The highest BCUT2D eigenvalue weighted by molar-refractivity contribution is 7.10. The van der Waals surface area contributed by atoms with Crippen LogP contribution in [0.4, 0.5) is 11.4 Å². The fraction of sp³-hybridized carbons (Fsp3) is 0.312. The number of nitrogens with zero attached hydrogens (tertiary/aromatic N) is 3. The van der Waals surface area contributed by atoms with Gasteiger partial charge in [0.05, 0.1) is 22.6 Å². The van der Waals surface area contributed by atoms with Gasteiger partial charge >= 0.3 is 0 Å². The molecule has 1 heterocycles. The fourth-order valence-electron chi connectivity index (χ4n) is 2.36. The molecule has 1 aromatic carbocycles. The van der Waals surface area contributed by atoms with Gasteiger partial charge in [-0.3, -0.25) is 10.1 Å². The van der Waals surface area contributed by atoms with E-state index in [-0.39, 0.29) is 17.3 Å². The molecule has 0 aliphatic carbocycles. The Kier molecular flexibility index (Phi) is 5.32. The first-order valence-corrected chi connectivity index (χ1v) is 7.94. The van der Waals surface area contributed by atoms with E-state index in [0.717, 1.165) is 0 Å². The van der Waals surface area contributed by atoms with Gasteiger partial charge in [0.15, 0.2) is 0 Å². The van der Waals surface area contributed by atoms with E-state index in [1.165, 1.54) is 10.9 Å². The standard InChI is InChI=1S/C16H18N4O2S/c1-11-13(7-12(9-17)8-14(11)20(21)22)18-10-15(19(2)3)16-5-4-6-23-16/h4-8,15,18H,10H2,1-3H3/t15-/m0/s1. The summed E-state index contributed by atoms with van der Waals surface area (Å²) in [5.74, 6) is 0. The Hall–Kier alpha value is -2.43. The third kappa shape index (κ3) is 3.86. The average Bonchev–Trinajstić information content (AvgIpc) is 3.02. The summed E-state index contributed by atoms with van der Waals surface area (Å²) in [6.45, 7) is 2.29. The van der Waals surface area contributed by atoms with Crippen LogP contribution < -0.4 is 5.32 Å². The van der Waals surface area contributed by atoms with Crippen LogP contribution in [0.3, 0.4) is 0 Å². The minimum atomic E-state index is -0.454. The maximum Gasteiger partial charge on any atom is 0.275 e. The molecule has 0 saturated heterocycles. The zero-order valence-electron chi connectivity index (χ0n) is 13.2. The van der Waals surface area contributed by atoms with Crippen LogP contribution >= 0.6 is 11.3 Å². The molecule has 0 amide bonds. The molecule has 120 valence electrons. The van der Waals surface area contributed by atoms with Crippen molar-refractivity contribution in [3.05, 3.63) is 55.8 Å². The van der Waals surface area contributed by atoms with E-state index in [2.05, 4.69) is 16.3 Å². The van der Waals surface area contributed by atoms with Crippen molar-refractivity contribution in [1.29, 1.82) is 5.26 Å². The van der Waals surface area contributed by atoms with Crippen molar-refractivity contribution in [3.8, 4) is 6.07 Å². The molecule has 23 heavy (non-hydrogen) atoms. The number of nitro groups is 1. The number of nitrogens with one attached hydrogen (secondary N) is 1. The Bertz CT molecular complexity index is 735. The molecule has 2 aromatic rings. The van der Waals surface area contributed by atoms with Crippen molar-refractivity contribution in [2.45, 2.75) is 13.0 Å². The van der Waals surface area contributed by atoms with Crippen LogP contribution in [0, 0.1) is 28.4 Å². The van der Waals surface area contributed by atoms with Crippen LogP contribution in [0.1, 0.15) is 22.0 Å². The predicted molar refractivity (Wildman–Crippen MR) is 91.8 cm³/mol. The number of likely N-dealkylation sites (N-methyl/N-ethyl adjacent to an activating group) is 1. The quantitative estimate of drug-likeness (QED) is 0.647. The Morgan fingerprint density at radius 2 is 2.22 bits per heavy atom. The maximum absolute atomic E-state index is 11.1. The Balaban J connectivity index is 2.27. The molecule has 0 spiro atoms. The van der Waals surface area contributed by atoms with E-state index >= 15 is 0 Å². The van der Waals surface area contributed by atoms with Gasteiger partial charge in [-0.15, -0.1) is 11.3 Å². The lowest BCUT2D eigenvalue weighted by molar-refractivity contribution is -0.385. The van der Waals surface area contributed by atoms with Gasteiger partial charge in [-0.1, -0.05) is 6.07 Å². The SMILES string of the molecule is Cc1c(NC[C@@H](c2cccs2)N(C)C)cc(C#N)cc1[N+](=O)[O-]. The summed E-state index contributed by atoms with van der Waals surface area (Å²) in [5, 5.41) is 25.5. The summed E-state index contributed by atoms with van der Waals surface area (Å²) in [5.41, 5.74) is 1.41.